The molecule has 0 unspecified atom stereocenters. The minimum Gasteiger partial charge on any atom is -1.00 e. The maximum atomic E-state index is 3.34. The third kappa shape index (κ3) is 3.71. The van der Waals surface area contributed by atoms with E-state index >= 15 is 0 Å². The summed E-state index contributed by atoms with van der Waals surface area (Å²) in [5, 5.41) is 5.32. The van der Waals surface area contributed by atoms with E-state index < -0.39 is 0 Å². The van der Waals surface area contributed by atoms with Crippen molar-refractivity contribution in [2.24, 2.45) is 0 Å². The van der Waals surface area contributed by atoms with Crippen molar-refractivity contribution in [2.45, 2.75) is 0 Å². The first-order valence-electron chi connectivity index (χ1n) is 6.50. The molecule has 0 aliphatic heterocycles. The molecule has 0 bridgehead atoms. The van der Waals surface area contributed by atoms with Crippen LogP contribution in [0.15, 0.2) is 84.9 Å². The van der Waals surface area contributed by atoms with Gasteiger partial charge >= 0.3 is 28.4 Å². The van der Waals surface area contributed by atoms with Crippen molar-refractivity contribution in [1.82, 2.24) is 0 Å². The van der Waals surface area contributed by atoms with E-state index in [4.69, 9.17) is 0 Å². The van der Waals surface area contributed by atoms with Crippen LogP contribution >= 0.6 is 0 Å². The summed E-state index contributed by atoms with van der Waals surface area (Å²) in [6.45, 7) is 0. The van der Waals surface area contributed by atoms with Crippen molar-refractivity contribution in [2.75, 3.05) is 0 Å². The Kier molecular flexibility index (Phi) is 5.83. The van der Waals surface area contributed by atoms with Gasteiger partial charge in [-0.1, -0.05) is 12.1 Å². The van der Waals surface area contributed by atoms with E-state index in [0.717, 1.165) is 0 Å². The van der Waals surface area contributed by atoms with Crippen molar-refractivity contribution in [3.8, 4) is 0 Å². The number of rotatable bonds is 0. The molecule has 0 radical (unpaired) electrons. The van der Waals surface area contributed by atoms with E-state index in [0.29, 0.717) is 0 Å². The topological polar surface area (TPSA) is 0 Å². The Balaban J connectivity index is 0.000000334. The second-order valence-corrected chi connectivity index (χ2v) is 4.31. The smallest absolute Gasteiger partial charge is 0.0809 e. The van der Waals surface area contributed by atoms with Crippen LogP contribution < -0.4 is 0 Å². The first-order chi connectivity index (χ1) is 9.93. The molecule has 4 aromatic carbocycles. The number of fused-ring (bicyclic) bond motifs is 2. The minimum atomic E-state index is 0. The van der Waals surface area contributed by atoms with Crippen LogP contribution in [0, 0.1) is 0 Å². The first kappa shape index (κ1) is 14.8. The van der Waals surface area contributed by atoms with Crippen molar-refractivity contribution in [3.05, 3.63) is 84.9 Å². The Morgan fingerprint density at radius 1 is 0.650 bits per heavy atom. The molecular weight excluding hydrogens is 319 g/mol. The Hall–Kier alpha value is -1.59. The molecule has 0 aromatic heterocycles. The van der Waals surface area contributed by atoms with E-state index in [1.807, 2.05) is 0 Å². The summed E-state index contributed by atoms with van der Waals surface area (Å²) in [5.74, 6) is 0. The van der Waals surface area contributed by atoms with Gasteiger partial charge in [0.1, 0.15) is 0 Å². The van der Waals surface area contributed by atoms with Crippen molar-refractivity contribution in [3.63, 3.8) is 0 Å². The van der Waals surface area contributed by atoms with E-state index in [9.17, 15) is 0 Å². The molecule has 0 spiro atoms. The molecule has 0 saturated carbocycles. The summed E-state index contributed by atoms with van der Waals surface area (Å²) in [7, 11) is 0. The predicted molar refractivity (Wildman–Crippen MR) is 88.4 cm³/mol. The quantitative estimate of drug-likeness (QED) is 0.382. The van der Waals surface area contributed by atoms with Gasteiger partial charge < -0.3 is 2.85 Å². The Labute approximate surface area is 137 Å². The maximum Gasteiger partial charge on any atom is -0.0809 e. The van der Waals surface area contributed by atoms with Crippen LogP contribution in [0.5, 0.6) is 0 Å². The van der Waals surface area contributed by atoms with Crippen LogP contribution in [-0.4, -0.2) is 4.21 Å². The fourth-order valence-corrected chi connectivity index (χ4v) is 2.14. The van der Waals surface area contributed by atoms with Gasteiger partial charge in [-0.05, 0) is 0 Å². The van der Waals surface area contributed by atoms with Crippen LogP contribution in [-0.2, 0) is 24.2 Å². The van der Waals surface area contributed by atoms with Gasteiger partial charge in [0.2, 0.25) is 0 Å². The van der Waals surface area contributed by atoms with Gasteiger partial charge in [0.15, 0.2) is 0 Å². The zero-order valence-electron chi connectivity index (χ0n) is 13.3. The Morgan fingerprint density at radius 2 is 1.05 bits per heavy atom. The largest absolute Gasteiger partial charge is 1.00 e. The third-order valence-corrected chi connectivity index (χ3v) is 3.10. The van der Waals surface area contributed by atoms with E-state index in [-0.39, 0.29) is 2.85 Å². The molecule has 100 valence electrons. The van der Waals surface area contributed by atoms with Crippen molar-refractivity contribution < 1.29 is 27.1 Å². The fraction of sp³-hybridized carbons (Fsp3) is 0. The molecule has 0 aliphatic carbocycles. The van der Waals surface area contributed by atoms with Crippen LogP contribution in [0.4, 0.5) is 0 Å². The molecule has 4 rings (SSSR count). The molecule has 0 atom stereocenters. The zero-order valence-corrected chi connectivity index (χ0v) is 13.7. The molecule has 0 amide bonds. The molecule has 0 aliphatic rings. The summed E-state index contributed by atoms with van der Waals surface area (Å²) in [5.41, 5.74) is 0. The molecule has 4 aromatic rings. The second-order valence-electron chi connectivity index (χ2n) is 4.31. The number of hydrogen-bond acceptors (Lipinski definition) is 0. The van der Waals surface area contributed by atoms with Gasteiger partial charge in [-0.25, -0.2) is 0 Å². The summed E-state index contributed by atoms with van der Waals surface area (Å²) in [6, 6.07) is 29.3. The minimum absolute atomic E-state index is 0. The molecule has 0 fully saturated rings. The summed E-state index contributed by atoms with van der Waals surface area (Å²) in [6.07, 6.45) is 0. The monoisotopic (exact) mass is 336 g/mol. The molecule has 0 nitrogen and oxygen atoms in total. The van der Waals surface area contributed by atoms with E-state index in [2.05, 4.69) is 89.1 Å². The predicted octanol–water partition coefficient (Wildman–Crippen LogP) is 5.31. The fourth-order valence-electron chi connectivity index (χ4n) is 2.14. The van der Waals surface area contributed by atoms with Crippen LogP contribution in [0.1, 0.15) is 2.85 Å². The average molecular weight is 338 g/mol. The molecule has 0 heterocycles. The molecular formula is C19H18Zr-2. The summed E-state index contributed by atoms with van der Waals surface area (Å²) >= 11 is 1.30. The second kappa shape index (κ2) is 7.87. The van der Waals surface area contributed by atoms with Crippen LogP contribution in [0.3, 0.4) is 0 Å². The zero-order chi connectivity index (χ0) is 14.2. The van der Waals surface area contributed by atoms with E-state index in [1.165, 1.54) is 45.8 Å². The first-order valence-corrected chi connectivity index (χ1v) is 8.23. The van der Waals surface area contributed by atoms with Crippen molar-refractivity contribution >= 4 is 25.8 Å². The van der Waals surface area contributed by atoms with Crippen LogP contribution in [0.2, 0.25) is 0 Å². The summed E-state index contributed by atoms with van der Waals surface area (Å²) in [4.78, 5) is 0. The normalized spacial score (nSPS) is 9.50. The Bertz CT molecular complexity index is 644. The van der Waals surface area contributed by atoms with Gasteiger partial charge in [0.25, 0.3) is 0 Å². The van der Waals surface area contributed by atoms with Crippen molar-refractivity contribution in [1.29, 1.82) is 0 Å². The molecule has 1 heteroatoms. The van der Waals surface area contributed by atoms with Gasteiger partial charge in [0, 0.05) is 0 Å². The standard InChI is InChI=1S/2C9H7.CH2.Zr.2H/c2*1-2-5-9-7-3-6-8(9)4-1;;;;/h2*1-7H;1H2;;;/q2*-1;;+2;2*-1. The molecule has 0 saturated heterocycles. The van der Waals surface area contributed by atoms with Gasteiger partial charge in [-0.2, -0.15) is 35.0 Å². The van der Waals surface area contributed by atoms with Gasteiger partial charge in [-0.3, -0.25) is 0 Å². The third-order valence-electron chi connectivity index (χ3n) is 3.10. The van der Waals surface area contributed by atoms with Gasteiger partial charge in [0.05, 0.1) is 0 Å². The van der Waals surface area contributed by atoms with Crippen LogP contribution in [0.25, 0.3) is 21.5 Å². The van der Waals surface area contributed by atoms with E-state index in [1.54, 1.807) is 0 Å². The number of benzene rings is 2. The molecule has 0 N–H and O–H groups in total. The average Bonchev–Trinajstić information content (AvgIpc) is 3.18. The molecule has 20 heavy (non-hydrogen) atoms. The summed E-state index contributed by atoms with van der Waals surface area (Å²) < 4.78 is 3.34. The number of hydrogen-bond donors (Lipinski definition) is 0. The SMILES string of the molecule is [CH2]=[Zr+2].[H-].[H-].c1ccc2[cH-]ccc2c1.c1ccc2[cH-]ccc2c1. The maximum absolute atomic E-state index is 3.34. The van der Waals surface area contributed by atoms with Gasteiger partial charge in [-0.15, -0.1) is 59.3 Å². The Morgan fingerprint density at radius 3 is 1.45 bits per heavy atom.